The number of hydrogen-bond acceptors (Lipinski definition) is 3. The smallest absolute Gasteiger partial charge is 0.199 e. The maximum atomic E-state index is 10.8. The van der Waals surface area contributed by atoms with Crippen LogP contribution in [-0.2, 0) is 4.84 Å². The third-order valence-corrected chi connectivity index (χ3v) is 1.79. The highest BCUT2D eigenvalue weighted by atomic mass is 35.5. The minimum Gasteiger partial charge on any atom is -0.619 e. The molecule has 0 saturated heterocycles. The number of aromatic nitrogens is 1. The first-order valence-electron chi connectivity index (χ1n) is 4.27. The van der Waals surface area contributed by atoms with Gasteiger partial charge in [-0.05, 0) is 6.42 Å². The Hall–Kier alpha value is -1.29. The maximum Gasteiger partial charge on any atom is 0.199 e. The van der Waals surface area contributed by atoms with Crippen molar-refractivity contribution in [1.82, 2.24) is 0 Å². The molecule has 0 aliphatic rings. The molecule has 1 aromatic heterocycles. The Balaban J connectivity index is 2.62. The largest absolute Gasteiger partial charge is 0.619 e. The standard InChI is InChI=1S/C9H11ClN2O2/c1-2-5-14-11-6-8-3-4-12(13)7-9(8)10/h3-4,6-7H,2,5H2,1H3/b11-6+. The van der Waals surface area contributed by atoms with Crippen LogP contribution < -0.4 is 4.73 Å². The molecule has 0 atom stereocenters. The molecule has 0 amide bonds. The lowest BCUT2D eigenvalue weighted by molar-refractivity contribution is -0.605. The number of halogens is 1. The zero-order valence-electron chi connectivity index (χ0n) is 7.81. The molecule has 0 saturated carbocycles. The van der Waals surface area contributed by atoms with Crippen molar-refractivity contribution in [1.29, 1.82) is 0 Å². The van der Waals surface area contributed by atoms with E-state index < -0.39 is 0 Å². The summed E-state index contributed by atoms with van der Waals surface area (Å²) >= 11 is 5.77. The first kappa shape index (κ1) is 10.8. The van der Waals surface area contributed by atoms with E-state index in [0.717, 1.165) is 6.42 Å². The average molecular weight is 215 g/mol. The van der Waals surface area contributed by atoms with Gasteiger partial charge in [0, 0.05) is 11.6 Å². The fourth-order valence-electron chi connectivity index (χ4n) is 0.805. The van der Waals surface area contributed by atoms with Crippen LogP contribution in [-0.4, -0.2) is 12.8 Å². The van der Waals surface area contributed by atoms with Gasteiger partial charge in [0.25, 0.3) is 0 Å². The SMILES string of the molecule is CCCO/N=C/c1cc[n+]([O-])cc1Cl. The van der Waals surface area contributed by atoms with Crippen molar-refractivity contribution in [2.24, 2.45) is 5.16 Å². The fourth-order valence-corrected chi connectivity index (χ4v) is 1.01. The van der Waals surface area contributed by atoms with Crippen molar-refractivity contribution >= 4 is 17.8 Å². The van der Waals surface area contributed by atoms with Gasteiger partial charge >= 0.3 is 0 Å². The lowest BCUT2D eigenvalue weighted by Gasteiger charge is -1.98. The highest BCUT2D eigenvalue weighted by molar-refractivity contribution is 6.32. The summed E-state index contributed by atoms with van der Waals surface area (Å²) in [6.45, 7) is 2.56. The molecular weight excluding hydrogens is 204 g/mol. The molecular formula is C9H11ClN2O2. The summed E-state index contributed by atoms with van der Waals surface area (Å²) in [5.41, 5.74) is 0.662. The summed E-state index contributed by atoms with van der Waals surface area (Å²) in [6.07, 6.45) is 5.01. The van der Waals surface area contributed by atoms with Crippen LogP contribution in [0, 0.1) is 5.21 Å². The number of oxime groups is 1. The molecule has 0 spiro atoms. The second-order valence-corrected chi connectivity index (χ2v) is 3.08. The van der Waals surface area contributed by atoms with Crippen LogP contribution in [0.3, 0.4) is 0 Å². The monoisotopic (exact) mass is 214 g/mol. The van der Waals surface area contributed by atoms with E-state index in [1.54, 1.807) is 6.07 Å². The quantitative estimate of drug-likeness (QED) is 0.252. The molecule has 1 rings (SSSR count). The fraction of sp³-hybridized carbons (Fsp3) is 0.333. The molecule has 0 bridgehead atoms. The van der Waals surface area contributed by atoms with Crippen molar-refractivity contribution in [3.05, 3.63) is 34.3 Å². The Kier molecular flexibility index (Phi) is 4.19. The van der Waals surface area contributed by atoms with E-state index in [1.165, 1.54) is 18.6 Å². The highest BCUT2D eigenvalue weighted by Crippen LogP contribution is 2.09. The van der Waals surface area contributed by atoms with E-state index in [9.17, 15) is 5.21 Å². The molecule has 0 aliphatic heterocycles. The topological polar surface area (TPSA) is 48.5 Å². The molecule has 0 aliphatic carbocycles. The molecule has 76 valence electrons. The summed E-state index contributed by atoms with van der Waals surface area (Å²) in [5.74, 6) is 0. The van der Waals surface area contributed by atoms with Gasteiger partial charge in [-0.15, -0.1) is 0 Å². The predicted octanol–water partition coefficient (Wildman–Crippen LogP) is 1.73. The number of hydrogen-bond donors (Lipinski definition) is 0. The van der Waals surface area contributed by atoms with Gasteiger partial charge in [-0.1, -0.05) is 23.7 Å². The second kappa shape index (κ2) is 5.44. The van der Waals surface area contributed by atoms with Gasteiger partial charge in [-0.2, -0.15) is 4.73 Å². The highest BCUT2D eigenvalue weighted by Gasteiger charge is 2.00. The molecule has 4 nitrogen and oxygen atoms in total. The van der Waals surface area contributed by atoms with Gasteiger partial charge in [0.15, 0.2) is 12.4 Å². The first-order chi connectivity index (χ1) is 6.74. The second-order valence-electron chi connectivity index (χ2n) is 2.68. The van der Waals surface area contributed by atoms with Crippen molar-refractivity contribution in [2.45, 2.75) is 13.3 Å². The van der Waals surface area contributed by atoms with Crippen LogP contribution in [0.15, 0.2) is 23.6 Å². The minimum atomic E-state index is 0.353. The predicted molar refractivity (Wildman–Crippen MR) is 54.2 cm³/mol. The molecule has 14 heavy (non-hydrogen) atoms. The average Bonchev–Trinajstić information content (AvgIpc) is 2.15. The molecule has 1 aromatic rings. The molecule has 0 aromatic carbocycles. The molecule has 0 fully saturated rings. The summed E-state index contributed by atoms with van der Waals surface area (Å²) in [7, 11) is 0. The lowest BCUT2D eigenvalue weighted by atomic mass is 10.3. The summed E-state index contributed by atoms with van der Waals surface area (Å²) in [4.78, 5) is 4.90. The van der Waals surface area contributed by atoms with Crippen molar-refractivity contribution < 1.29 is 9.57 Å². The van der Waals surface area contributed by atoms with Gasteiger partial charge in [0.2, 0.25) is 0 Å². The normalized spacial score (nSPS) is 10.7. The molecule has 0 N–H and O–H groups in total. The van der Waals surface area contributed by atoms with Crippen LogP contribution in [0.1, 0.15) is 18.9 Å². The van der Waals surface area contributed by atoms with E-state index >= 15 is 0 Å². The van der Waals surface area contributed by atoms with Crippen LogP contribution >= 0.6 is 11.6 Å². The summed E-state index contributed by atoms with van der Waals surface area (Å²) in [5, 5.41) is 14.8. The molecule has 0 unspecified atom stereocenters. The number of nitrogens with zero attached hydrogens (tertiary/aromatic N) is 2. The molecule has 5 heteroatoms. The van der Waals surface area contributed by atoms with E-state index in [1.807, 2.05) is 6.92 Å². The Morgan fingerprint density at radius 1 is 1.71 bits per heavy atom. The zero-order valence-corrected chi connectivity index (χ0v) is 8.57. The van der Waals surface area contributed by atoms with Crippen LogP contribution in [0.4, 0.5) is 0 Å². The van der Waals surface area contributed by atoms with Crippen molar-refractivity contribution in [3.63, 3.8) is 0 Å². The molecule has 1 heterocycles. The van der Waals surface area contributed by atoms with E-state index in [0.29, 0.717) is 21.9 Å². The van der Waals surface area contributed by atoms with Gasteiger partial charge in [-0.3, -0.25) is 0 Å². The van der Waals surface area contributed by atoms with Gasteiger partial charge < -0.3 is 10.0 Å². The Morgan fingerprint density at radius 2 is 2.50 bits per heavy atom. The van der Waals surface area contributed by atoms with Crippen molar-refractivity contribution in [2.75, 3.05) is 6.61 Å². The van der Waals surface area contributed by atoms with Gasteiger partial charge in [0.05, 0.1) is 6.21 Å². The van der Waals surface area contributed by atoms with Crippen molar-refractivity contribution in [3.8, 4) is 0 Å². The zero-order chi connectivity index (χ0) is 10.4. The third-order valence-electron chi connectivity index (χ3n) is 1.48. The van der Waals surface area contributed by atoms with Crippen LogP contribution in [0.2, 0.25) is 5.02 Å². The summed E-state index contributed by atoms with van der Waals surface area (Å²) < 4.78 is 0.632. The number of pyridine rings is 1. The van der Waals surface area contributed by atoms with Crippen LogP contribution in [0.25, 0.3) is 0 Å². The Bertz CT molecular complexity index is 329. The minimum absolute atomic E-state index is 0.353. The van der Waals surface area contributed by atoms with Gasteiger partial charge in [0.1, 0.15) is 11.6 Å². The Labute approximate surface area is 87.3 Å². The maximum absolute atomic E-state index is 10.8. The third kappa shape index (κ3) is 3.22. The number of rotatable bonds is 4. The first-order valence-corrected chi connectivity index (χ1v) is 4.65. The van der Waals surface area contributed by atoms with Gasteiger partial charge in [-0.25, -0.2) is 0 Å². The summed E-state index contributed by atoms with van der Waals surface area (Å²) in [6, 6.07) is 1.58. The van der Waals surface area contributed by atoms with E-state index in [2.05, 4.69) is 5.16 Å². The molecule has 0 radical (unpaired) electrons. The lowest BCUT2D eigenvalue weighted by Crippen LogP contribution is -2.24. The van der Waals surface area contributed by atoms with E-state index in [4.69, 9.17) is 16.4 Å². The Morgan fingerprint density at radius 3 is 3.14 bits per heavy atom. The van der Waals surface area contributed by atoms with E-state index in [-0.39, 0.29) is 0 Å². The van der Waals surface area contributed by atoms with Crippen LogP contribution in [0.5, 0.6) is 0 Å².